The second-order valence-corrected chi connectivity index (χ2v) is 6.20. The molecule has 0 saturated carbocycles. The van der Waals surface area contributed by atoms with Crippen LogP contribution >= 0.6 is 0 Å². The molecule has 1 atom stereocenters. The minimum atomic E-state index is 0.279. The van der Waals surface area contributed by atoms with Gasteiger partial charge in [-0.15, -0.1) is 0 Å². The van der Waals surface area contributed by atoms with Crippen LogP contribution in [0.2, 0.25) is 0 Å². The first-order chi connectivity index (χ1) is 11.3. The van der Waals surface area contributed by atoms with Gasteiger partial charge in [-0.25, -0.2) is 0 Å². The predicted octanol–water partition coefficient (Wildman–Crippen LogP) is 3.61. The first kappa shape index (κ1) is 16.0. The van der Waals surface area contributed by atoms with Crippen molar-refractivity contribution < 1.29 is 9.84 Å². The van der Waals surface area contributed by atoms with Crippen LogP contribution in [0.15, 0.2) is 54.6 Å². The summed E-state index contributed by atoms with van der Waals surface area (Å²) in [6.07, 6.45) is 3.31. The molecule has 2 aromatic rings. The van der Waals surface area contributed by atoms with Gasteiger partial charge < -0.3 is 9.84 Å². The molecule has 122 valence electrons. The molecule has 0 radical (unpaired) electrons. The summed E-state index contributed by atoms with van der Waals surface area (Å²) in [5.41, 5.74) is 2.46. The van der Waals surface area contributed by atoms with Crippen LogP contribution in [-0.4, -0.2) is 29.2 Å². The van der Waals surface area contributed by atoms with E-state index >= 15 is 0 Å². The summed E-state index contributed by atoms with van der Waals surface area (Å²) in [7, 11) is 0. The third-order valence-corrected chi connectivity index (χ3v) is 4.49. The SMILES string of the molecule is OCC[C@H]1CCCN1Cc1cccc(OCc2ccccc2)c1. The van der Waals surface area contributed by atoms with Crippen LogP contribution < -0.4 is 4.74 Å². The molecule has 3 rings (SSSR count). The molecule has 0 aliphatic carbocycles. The summed E-state index contributed by atoms with van der Waals surface area (Å²) >= 11 is 0. The number of aliphatic hydroxyl groups is 1. The molecule has 1 saturated heterocycles. The molecule has 2 aromatic carbocycles. The molecule has 0 unspecified atom stereocenters. The van der Waals surface area contributed by atoms with Gasteiger partial charge in [-0.05, 0) is 49.1 Å². The molecule has 0 spiro atoms. The van der Waals surface area contributed by atoms with Gasteiger partial charge in [0.25, 0.3) is 0 Å². The van der Waals surface area contributed by atoms with Crippen LogP contribution in [0, 0.1) is 0 Å². The Balaban J connectivity index is 1.59. The van der Waals surface area contributed by atoms with E-state index in [-0.39, 0.29) is 6.61 Å². The van der Waals surface area contributed by atoms with E-state index in [1.165, 1.54) is 24.0 Å². The summed E-state index contributed by atoms with van der Waals surface area (Å²) in [4.78, 5) is 2.48. The van der Waals surface area contributed by atoms with Crippen LogP contribution in [0.25, 0.3) is 0 Å². The Labute approximate surface area is 138 Å². The first-order valence-corrected chi connectivity index (χ1v) is 8.46. The lowest BCUT2D eigenvalue weighted by atomic mass is 10.1. The second kappa shape index (κ2) is 8.14. The van der Waals surface area contributed by atoms with Gasteiger partial charge >= 0.3 is 0 Å². The minimum Gasteiger partial charge on any atom is -0.489 e. The first-order valence-electron chi connectivity index (χ1n) is 8.46. The number of ether oxygens (including phenoxy) is 1. The van der Waals surface area contributed by atoms with Crippen LogP contribution in [0.1, 0.15) is 30.4 Å². The number of likely N-dealkylation sites (tertiary alicyclic amines) is 1. The molecule has 0 aromatic heterocycles. The number of nitrogens with zero attached hydrogens (tertiary/aromatic N) is 1. The van der Waals surface area contributed by atoms with Gasteiger partial charge in [0, 0.05) is 19.2 Å². The largest absolute Gasteiger partial charge is 0.489 e. The maximum Gasteiger partial charge on any atom is 0.120 e. The Kier molecular flexibility index (Phi) is 5.67. The fraction of sp³-hybridized carbons (Fsp3) is 0.400. The fourth-order valence-corrected chi connectivity index (χ4v) is 3.29. The van der Waals surface area contributed by atoms with Crippen molar-refractivity contribution in [2.75, 3.05) is 13.2 Å². The van der Waals surface area contributed by atoms with Gasteiger partial charge in [-0.1, -0.05) is 42.5 Å². The van der Waals surface area contributed by atoms with Crippen LogP contribution in [0.3, 0.4) is 0 Å². The Hall–Kier alpha value is -1.84. The molecule has 3 nitrogen and oxygen atoms in total. The van der Waals surface area contributed by atoms with E-state index < -0.39 is 0 Å². The summed E-state index contributed by atoms with van der Waals surface area (Å²) in [6, 6.07) is 19.1. The standard InChI is InChI=1S/C20H25NO2/c22-13-11-19-9-5-12-21(19)15-18-8-4-10-20(14-18)23-16-17-6-2-1-3-7-17/h1-4,6-8,10,14,19,22H,5,9,11-13,15-16H2/t19-/m1/s1. The van der Waals surface area contributed by atoms with Crippen molar-refractivity contribution in [3.63, 3.8) is 0 Å². The lowest BCUT2D eigenvalue weighted by Gasteiger charge is -2.24. The predicted molar refractivity (Wildman–Crippen MR) is 92.4 cm³/mol. The van der Waals surface area contributed by atoms with E-state index in [1.54, 1.807) is 0 Å². The van der Waals surface area contributed by atoms with E-state index in [4.69, 9.17) is 4.74 Å². The molecule has 1 aliphatic heterocycles. The summed E-state index contributed by atoms with van der Waals surface area (Å²) in [5, 5.41) is 9.19. The van der Waals surface area contributed by atoms with E-state index in [1.807, 2.05) is 24.3 Å². The highest BCUT2D eigenvalue weighted by Gasteiger charge is 2.23. The Morgan fingerprint density at radius 2 is 1.87 bits per heavy atom. The third kappa shape index (κ3) is 4.57. The highest BCUT2D eigenvalue weighted by molar-refractivity contribution is 5.29. The normalized spacial score (nSPS) is 18.2. The molecule has 1 N–H and O–H groups in total. The molecule has 1 aliphatic rings. The summed E-state index contributed by atoms with van der Waals surface area (Å²) in [5.74, 6) is 0.921. The van der Waals surface area contributed by atoms with Crippen LogP contribution in [0.5, 0.6) is 5.75 Å². The monoisotopic (exact) mass is 311 g/mol. The number of hydrogen-bond donors (Lipinski definition) is 1. The van der Waals surface area contributed by atoms with Crippen molar-refractivity contribution in [3.8, 4) is 5.75 Å². The molecule has 1 heterocycles. The van der Waals surface area contributed by atoms with Gasteiger partial charge in [0.2, 0.25) is 0 Å². The van der Waals surface area contributed by atoms with E-state index in [2.05, 4.69) is 35.2 Å². The van der Waals surface area contributed by atoms with Crippen LogP contribution in [-0.2, 0) is 13.2 Å². The van der Waals surface area contributed by atoms with Crippen molar-refractivity contribution >= 4 is 0 Å². The topological polar surface area (TPSA) is 32.7 Å². The number of hydrogen-bond acceptors (Lipinski definition) is 3. The lowest BCUT2D eigenvalue weighted by molar-refractivity contribution is 0.189. The summed E-state index contributed by atoms with van der Waals surface area (Å²) in [6.45, 7) is 2.94. The molecule has 23 heavy (non-hydrogen) atoms. The van der Waals surface area contributed by atoms with Gasteiger partial charge in [-0.2, -0.15) is 0 Å². The molecular weight excluding hydrogens is 286 g/mol. The van der Waals surface area contributed by atoms with Crippen molar-refractivity contribution in [3.05, 3.63) is 65.7 Å². The number of benzene rings is 2. The number of rotatable bonds is 7. The zero-order valence-electron chi connectivity index (χ0n) is 13.5. The quantitative estimate of drug-likeness (QED) is 0.848. The third-order valence-electron chi connectivity index (χ3n) is 4.49. The van der Waals surface area contributed by atoms with Gasteiger partial charge in [0.15, 0.2) is 0 Å². The van der Waals surface area contributed by atoms with E-state index in [0.29, 0.717) is 12.6 Å². The van der Waals surface area contributed by atoms with Crippen molar-refractivity contribution in [2.45, 2.75) is 38.5 Å². The van der Waals surface area contributed by atoms with Crippen molar-refractivity contribution in [1.29, 1.82) is 0 Å². The Morgan fingerprint density at radius 3 is 2.70 bits per heavy atom. The molecule has 1 fully saturated rings. The summed E-state index contributed by atoms with van der Waals surface area (Å²) < 4.78 is 5.91. The fourth-order valence-electron chi connectivity index (χ4n) is 3.29. The maximum atomic E-state index is 9.19. The molecular formula is C20H25NO2. The smallest absolute Gasteiger partial charge is 0.120 e. The van der Waals surface area contributed by atoms with Crippen molar-refractivity contribution in [1.82, 2.24) is 4.90 Å². The van der Waals surface area contributed by atoms with Crippen molar-refractivity contribution in [2.24, 2.45) is 0 Å². The lowest BCUT2D eigenvalue weighted by Crippen LogP contribution is -2.29. The average molecular weight is 311 g/mol. The van der Waals surface area contributed by atoms with E-state index in [9.17, 15) is 5.11 Å². The van der Waals surface area contributed by atoms with Gasteiger partial charge in [0.05, 0.1) is 0 Å². The van der Waals surface area contributed by atoms with Crippen LogP contribution in [0.4, 0.5) is 0 Å². The Morgan fingerprint density at radius 1 is 1.04 bits per heavy atom. The van der Waals surface area contributed by atoms with E-state index in [0.717, 1.165) is 25.3 Å². The zero-order valence-corrected chi connectivity index (χ0v) is 13.5. The maximum absolute atomic E-state index is 9.19. The Bertz CT molecular complexity index is 600. The zero-order chi connectivity index (χ0) is 15.9. The molecule has 0 amide bonds. The van der Waals surface area contributed by atoms with Gasteiger partial charge in [-0.3, -0.25) is 4.90 Å². The minimum absolute atomic E-state index is 0.279. The average Bonchev–Trinajstić information content (AvgIpc) is 3.02. The van der Waals surface area contributed by atoms with Gasteiger partial charge in [0.1, 0.15) is 12.4 Å². The molecule has 0 bridgehead atoms. The molecule has 3 heteroatoms. The highest BCUT2D eigenvalue weighted by Crippen LogP contribution is 2.24. The second-order valence-electron chi connectivity index (χ2n) is 6.20. The number of aliphatic hydroxyl groups excluding tert-OH is 1. The highest BCUT2D eigenvalue weighted by atomic mass is 16.5.